The van der Waals surface area contributed by atoms with Gasteiger partial charge in [-0.25, -0.2) is 4.79 Å². The molecule has 6 nitrogen and oxygen atoms in total. The van der Waals surface area contributed by atoms with Gasteiger partial charge in [0.25, 0.3) is 0 Å². The lowest BCUT2D eigenvalue weighted by Crippen LogP contribution is -2.31. The number of hydrogen-bond donors (Lipinski definition) is 3. The summed E-state index contributed by atoms with van der Waals surface area (Å²) in [5, 5.41) is 25.5. The number of carboxylic acid groups (broad SMARTS) is 1. The van der Waals surface area contributed by atoms with Crippen LogP contribution in [0.4, 0.5) is 5.82 Å². The lowest BCUT2D eigenvalue weighted by atomic mass is 10.1. The van der Waals surface area contributed by atoms with Crippen molar-refractivity contribution in [3.05, 3.63) is 11.3 Å². The maximum absolute atomic E-state index is 11.1. The highest BCUT2D eigenvalue weighted by atomic mass is 16.4. The van der Waals surface area contributed by atoms with Crippen LogP contribution in [0, 0.1) is 12.8 Å². The number of carbonyl (C=O) groups is 1. The smallest absolute Gasteiger partial charge is 0.341 e. The van der Waals surface area contributed by atoms with E-state index in [0.29, 0.717) is 11.5 Å². The largest absolute Gasteiger partial charge is 0.477 e. The summed E-state index contributed by atoms with van der Waals surface area (Å²) in [5.41, 5.74) is 0.620. The molecule has 1 heterocycles. The van der Waals surface area contributed by atoms with Crippen molar-refractivity contribution >= 4 is 11.8 Å². The number of nitrogens with one attached hydrogen (secondary N) is 1. The summed E-state index contributed by atoms with van der Waals surface area (Å²) in [6.45, 7) is 5.51. The molecule has 17 heavy (non-hydrogen) atoms. The van der Waals surface area contributed by atoms with Crippen molar-refractivity contribution in [2.24, 2.45) is 13.0 Å². The summed E-state index contributed by atoms with van der Waals surface area (Å²) in [7, 11) is 1.68. The van der Waals surface area contributed by atoms with E-state index in [1.165, 1.54) is 4.68 Å². The molecule has 0 saturated carbocycles. The molecule has 1 aromatic rings. The highest BCUT2D eigenvalue weighted by Crippen LogP contribution is 2.21. The molecule has 0 aromatic carbocycles. The Kier molecular flexibility index (Phi) is 4.11. The molecule has 0 amide bonds. The lowest BCUT2D eigenvalue weighted by molar-refractivity contribution is 0.0697. The molecule has 0 unspecified atom stereocenters. The Hall–Kier alpha value is -1.56. The lowest BCUT2D eigenvalue weighted by Gasteiger charge is -2.21. The van der Waals surface area contributed by atoms with Crippen LogP contribution in [0.1, 0.15) is 29.9 Å². The van der Waals surface area contributed by atoms with Gasteiger partial charge in [-0.3, -0.25) is 4.68 Å². The Labute approximate surface area is 100 Å². The van der Waals surface area contributed by atoms with E-state index in [9.17, 15) is 9.90 Å². The molecule has 0 aliphatic carbocycles. The second-order valence-electron chi connectivity index (χ2n) is 4.42. The second kappa shape index (κ2) is 5.18. The minimum absolute atomic E-state index is 0.0546. The van der Waals surface area contributed by atoms with Crippen molar-refractivity contribution in [2.75, 3.05) is 11.9 Å². The average molecular weight is 241 g/mol. The first-order chi connectivity index (χ1) is 7.88. The van der Waals surface area contributed by atoms with E-state index in [1.807, 2.05) is 13.8 Å². The molecule has 0 bridgehead atoms. The fourth-order valence-electron chi connectivity index (χ4n) is 1.68. The number of carboxylic acids is 1. The van der Waals surface area contributed by atoms with Crippen molar-refractivity contribution in [2.45, 2.75) is 26.8 Å². The van der Waals surface area contributed by atoms with Gasteiger partial charge in [0.15, 0.2) is 0 Å². The maximum Gasteiger partial charge on any atom is 0.341 e. The fourth-order valence-corrected chi connectivity index (χ4v) is 1.68. The van der Waals surface area contributed by atoms with Gasteiger partial charge in [0, 0.05) is 7.05 Å². The fraction of sp³-hybridized carbons (Fsp3) is 0.636. The van der Waals surface area contributed by atoms with Crippen LogP contribution >= 0.6 is 0 Å². The van der Waals surface area contributed by atoms with Crippen molar-refractivity contribution in [3.63, 3.8) is 0 Å². The number of aromatic nitrogens is 2. The third-order valence-corrected chi connectivity index (χ3v) is 2.76. The predicted octanol–water partition coefficient (Wildman–Crippen LogP) is 0.856. The van der Waals surface area contributed by atoms with Gasteiger partial charge in [-0.15, -0.1) is 0 Å². The van der Waals surface area contributed by atoms with E-state index in [-0.39, 0.29) is 24.1 Å². The number of anilines is 1. The third kappa shape index (κ3) is 2.76. The minimum Gasteiger partial charge on any atom is -0.477 e. The number of rotatable bonds is 5. The molecule has 3 N–H and O–H groups in total. The Morgan fingerprint density at radius 1 is 1.53 bits per heavy atom. The Morgan fingerprint density at radius 3 is 2.53 bits per heavy atom. The first kappa shape index (κ1) is 13.5. The number of nitrogens with zero attached hydrogens (tertiary/aromatic N) is 2. The van der Waals surface area contributed by atoms with Gasteiger partial charge in [-0.2, -0.15) is 5.10 Å². The molecule has 6 heteroatoms. The molecule has 0 fully saturated rings. The number of hydrogen-bond acceptors (Lipinski definition) is 4. The molecule has 1 rings (SSSR count). The molecule has 1 atom stereocenters. The van der Waals surface area contributed by atoms with Gasteiger partial charge in [-0.1, -0.05) is 13.8 Å². The molecular formula is C11H19N3O3. The third-order valence-electron chi connectivity index (χ3n) is 2.76. The molecule has 0 saturated heterocycles. The van der Waals surface area contributed by atoms with Crippen LogP contribution in [0.2, 0.25) is 0 Å². The molecule has 0 spiro atoms. The summed E-state index contributed by atoms with van der Waals surface area (Å²) < 4.78 is 1.49. The SMILES string of the molecule is Cc1nn(C)c(N[C@H](CO)C(C)C)c1C(=O)O. The Bertz CT molecular complexity index is 412. The van der Waals surface area contributed by atoms with Gasteiger partial charge in [0.05, 0.1) is 18.3 Å². The topological polar surface area (TPSA) is 87.4 Å². The summed E-state index contributed by atoms with van der Waals surface area (Å²) in [4.78, 5) is 11.1. The quantitative estimate of drug-likeness (QED) is 0.711. The maximum atomic E-state index is 11.1. The zero-order chi connectivity index (χ0) is 13.2. The van der Waals surface area contributed by atoms with Crippen LogP contribution in [0.5, 0.6) is 0 Å². The van der Waals surface area contributed by atoms with Crippen molar-refractivity contribution in [3.8, 4) is 0 Å². The van der Waals surface area contributed by atoms with Crippen molar-refractivity contribution in [1.82, 2.24) is 9.78 Å². The van der Waals surface area contributed by atoms with Gasteiger partial charge < -0.3 is 15.5 Å². The molecule has 0 aliphatic rings. The zero-order valence-corrected chi connectivity index (χ0v) is 10.6. The predicted molar refractivity (Wildman–Crippen MR) is 64.2 cm³/mol. The van der Waals surface area contributed by atoms with E-state index < -0.39 is 5.97 Å². The van der Waals surface area contributed by atoms with E-state index >= 15 is 0 Å². The van der Waals surface area contributed by atoms with E-state index in [1.54, 1.807) is 14.0 Å². The van der Waals surface area contributed by atoms with E-state index in [4.69, 9.17) is 5.11 Å². The summed E-state index contributed by atoms with van der Waals surface area (Å²) in [6, 6.07) is -0.192. The standard InChI is InChI=1S/C11H19N3O3/c1-6(2)8(5-15)12-10-9(11(16)17)7(3)13-14(10)4/h6,8,12,15H,5H2,1-4H3,(H,16,17)/t8-/m1/s1. The Balaban J connectivity index is 3.09. The molecule has 1 aromatic heterocycles. The van der Waals surface area contributed by atoms with Gasteiger partial charge in [0.1, 0.15) is 11.4 Å². The molecular weight excluding hydrogens is 222 g/mol. The monoisotopic (exact) mass is 241 g/mol. The zero-order valence-electron chi connectivity index (χ0n) is 10.6. The van der Waals surface area contributed by atoms with E-state index in [2.05, 4.69) is 10.4 Å². The van der Waals surface area contributed by atoms with E-state index in [0.717, 1.165) is 0 Å². The van der Waals surface area contributed by atoms with Crippen LogP contribution in [0.3, 0.4) is 0 Å². The first-order valence-corrected chi connectivity index (χ1v) is 5.52. The van der Waals surface area contributed by atoms with Crippen LogP contribution in [-0.4, -0.2) is 38.6 Å². The van der Waals surface area contributed by atoms with Crippen molar-refractivity contribution in [1.29, 1.82) is 0 Å². The molecule has 0 aliphatic heterocycles. The van der Waals surface area contributed by atoms with Crippen LogP contribution in [-0.2, 0) is 7.05 Å². The average Bonchev–Trinajstić information content (AvgIpc) is 2.49. The van der Waals surface area contributed by atoms with Gasteiger partial charge >= 0.3 is 5.97 Å². The summed E-state index contributed by atoms with van der Waals surface area (Å²) in [6.07, 6.45) is 0. The normalized spacial score (nSPS) is 12.8. The summed E-state index contributed by atoms with van der Waals surface area (Å²) in [5.74, 6) is -0.391. The number of aromatic carboxylic acids is 1. The Morgan fingerprint density at radius 2 is 2.12 bits per heavy atom. The number of aliphatic hydroxyl groups excluding tert-OH is 1. The van der Waals surface area contributed by atoms with Gasteiger partial charge in [-0.05, 0) is 12.8 Å². The second-order valence-corrected chi connectivity index (χ2v) is 4.42. The highest BCUT2D eigenvalue weighted by Gasteiger charge is 2.22. The van der Waals surface area contributed by atoms with Crippen LogP contribution in [0.15, 0.2) is 0 Å². The first-order valence-electron chi connectivity index (χ1n) is 5.52. The minimum atomic E-state index is -1.02. The van der Waals surface area contributed by atoms with Crippen LogP contribution < -0.4 is 5.32 Å². The van der Waals surface area contributed by atoms with Crippen LogP contribution in [0.25, 0.3) is 0 Å². The van der Waals surface area contributed by atoms with Crippen molar-refractivity contribution < 1.29 is 15.0 Å². The summed E-state index contributed by atoms with van der Waals surface area (Å²) >= 11 is 0. The number of aryl methyl sites for hydroxylation is 2. The molecule has 96 valence electrons. The van der Waals surface area contributed by atoms with Gasteiger partial charge in [0.2, 0.25) is 0 Å². The number of aliphatic hydroxyl groups is 1. The highest BCUT2D eigenvalue weighted by molar-refractivity contribution is 5.94. The molecule has 0 radical (unpaired) electrons.